The van der Waals surface area contributed by atoms with Crippen LogP contribution in [0.1, 0.15) is 26.7 Å². The van der Waals surface area contributed by atoms with E-state index in [0.29, 0.717) is 6.42 Å². The first-order chi connectivity index (χ1) is 6.49. The lowest BCUT2D eigenvalue weighted by Gasteiger charge is -2.15. The van der Waals surface area contributed by atoms with Crippen LogP contribution in [0.15, 0.2) is 0 Å². The number of esters is 1. The highest BCUT2D eigenvalue weighted by Crippen LogP contribution is 2.15. The van der Waals surface area contributed by atoms with Crippen molar-refractivity contribution in [1.82, 2.24) is 0 Å². The van der Waals surface area contributed by atoms with Crippen LogP contribution in [-0.4, -0.2) is 29.9 Å². The third-order valence-corrected chi connectivity index (χ3v) is 1.84. The minimum atomic E-state index is -2.08. The quantitative estimate of drug-likeness (QED) is 0.295. The molecule has 5 nitrogen and oxygen atoms in total. The van der Waals surface area contributed by atoms with E-state index in [1.54, 1.807) is 0 Å². The van der Waals surface area contributed by atoms with Crippen LogP contribution in [-0.2, 0) is 19.1 Å². The summed E-state index contributed by atoms with van der Waals surface area (Å²) in [5, 5.41) is 8.63. The summed E-state index contributed by atoms with van der Waals surface area (Å²) < 4.78 is 4.65. The van der Waals surface area contributed by atoms with Gasteiger partial charge in [0.15, 0.2) is 0 Å². The smallest absolute Gasteiger partial charge is 0.330 e. The first-order valence-electron chi connectivity index (χ1n) is 4.36. The van der Waals surface area contributed by atoms with Gasteiger partial charge in [0.2, 0.25) is 5.41 Å². The largest absolute Gasteiger partial charge is 0.480 e. The van der Waals surface area contributed by atoms with Crippen LogP contribution in [0.25, 0.3) is 0 Å². The minimum absolute atomic E-state index is 0.0869. The zero-order chi connectivity index (χ0) is 11.2. The lowest BCUT2D eigenvalue weighted by Crippen LogP contribution is -2.39. The molecule has 1 atom stereocenters. The highest BCUT2D eigenvalue weighted by Gasteiger charge is 2.43. The van der Waals surface area contributed by atoms with Gasteiger partial charge in [-0.2, -0.15) is 0 Å². The third kappa shape index (κ3) is 2.83. The van der Waals surface area contributed by atoms with Crippen molar-refractivity contribution in [3.8, 4) is 0 Å². The molecule has 0 radical (unpaired) electrons. The Bertz CT molecular complexity index is 235. The van der Waals surface area contributed by atoms with Crippen molar-refractivity contribution in [2.45, 2.75) is 26.7 Å². The summed E-state index contributed by atoms with van der Waals surface area (Å²) in [6.07, 6.45) is 1.57. The summed E-state index contributed by atoms with van der Waals surface area (Å²) in [5.74, 6) is -2.50. The lowest BCUT2D eigenvalue weighted by molar-refractivity contribution is -0.167. The van der Waals surface area contributed by atoms with Crippen LogP contribution in [0.5, 0.6) is 0 Å². The molecule has 1 N–H and O–H groups in total. The van der Waals surface area contributed by atoms with E-state index >= 15 is 0 Å². The second kappa shape index (κ2) is 5.36. The summed E-state index contributed by atoms with van der Waals surface area (Å²) in [4.78, 5) is 32.2. The number of carbonyl (C=O) groups excluding carboxylic acids is 2. The fourth-order valence-electron chi connectivity index (χ4n) is 0.645. The van der Waals surface area contributed by atoms with Gasteiger partial charge in [0, 0.05) is 0 Å². The summed E-state index contributed by atoms with van der Waals surface area (Å²) in [6, 6.07) is 0. The molecule has 0 aliphatic rings. The molecule has 0 aliphatic carbocycles. The molecule has 0 saturated carbocycles. The predicted molar refractivity (Wildman–Crippen MR) is 47.7 cm³/mol. The number of ether oxygens (including phenoxy) is 1. The number of hydrogen-bond acceptors (Lipinski definition) is 4. The van der Waals surface area contributed by atoms with Gasteiger partial charge in [-0.25, -0.2) is 0 Å². The average Bonchev–Trinajstić information content (AvgIpc) is 2.16. The number of rotatable bonds is 6. The zero-order valence-electron chi connectivity index (χ0n) is 8.28. The average molecular weight is 202 g/mol. The maximum atomic E-state index is 11.2. The van der Waals surface area contributed by atoms with Gasteiger partial charge in [0.1, 0.15) is 6.29 Å². The second-order valence-electron chi connectivity index (χ2n) is 3.11. The lowest BCUT2D eigenvalue weighted by atomic mass is 9.93. The molecule has 0 aromatic carbocycles. The van der Waals surface area contributed by atoms with Crippen LogP contribution in [0.4, 0.5) is 0 Å². The molecule has 1 unspecified atom stereocenters. The third-order valence-electron chi connectivity index (χ3n) is 1.84. The molecule has 0 amide bonds. The van der Waals surface area contributed by atoms with E-state index < -0.39 is 17.4 Å². The van der Waals surface area contributed by atoms with Crippen molar-refractivity contribution in [3.05, 3.63) is 0 Å². The molecule has 0 fully saturated rings. The van der Waals surface area contributed by atoms with Gasteiger partial charge in [0.25, 0.3) is 0 Å². The Morgan fingerprint density at radius 1 is 1.50 bits per heavy atom. The number of aldehydes is 1. The maximum Gasteiger partial charge on any atom is 0.330 e. The summed E-state index contributed by atoms with van der Waals surface area (Å²) >= 11 is 0. The highest BCUT2D eigenvalue weighted by atomic mass is 16.5. The van der Waals surface area contributed by atoms with Gasteiger partial charge in [-0.1, -0.05) is 13.3 Å². The van der Waals surface area contributed by atoms with Gasteiger partial charge in [-0.05, 0) is 13.3 Å². The van der Waals surface area contributed by atoms with Gasteiger partial charge in [-0.15, -0.1) is 0 Å². The van der Waals surface area contributed by atoms with Crippen LogP contribution in [0.2, 0.25) is 0 Å². The van der Waals surface area contributed by atoms with Crippen molar-refractivity contribution < 1.29 is 24.2 Å². The monoisotopic (exact) mass is 202 g/mol. The molecule has 0 heterocycles. The Balaban J connectivity index is 4.32. The van der Waals surface area contributed by atoms with E-state index in [1.165, 1.54) is 0 Å². The molecule has 14 heavy (non-hydrogen) atoms. The maximum absolute atomic E-state index is 11.2. The highest BCUT2D eigenvalue weighted by molar-refractivity contribution is 6.12. The Morgan fingerprint density at radius 3 is 2.43 bits per heavy atom. The van der Waals surface area contributed by atoms with Crippen molar-refractivity contribution in [2.24, 2.45) is 5.41 Å². The summed E-state index contributed by atoms with van der Waals surface area (Å²) in [5.41, 5.74) is -2.08. The molecule has 0 rings (SSSR count). The van der Waals surface area contributed by atoms with Gasteiger partial charge in [-0.3, -0.25) is 9.59 Å². The van der Waals surface area contributed by atoms with E-state index in [0.717, 1.165) is 13.3 Å². The number of carboxylic acids is 1. The van der Waals surface area contributed by atoms with E-state index in [9.17, 15) is 14.4 Å². The van der Waals surface area contributed by atoms with Crippen molar-refractivity contribution in [1.29, 1.82) is 0 Å². The van der Waals surface area contributed by atoms with Crippen molar-refractivity contribution >= 4 is 18.2 Å². The summed E-state index contributed by atoms with van der Waals surface area (Å²) in [6.45, 7) is 3.08. The molecular weight excluding hydrogens is 188 g/mol. The van der Waals surface area contributed by atoms with Gasteiger partial charge < -0.3 is 14.6 Å². The van der Waals surface area contributed by atoms with Crippen LogP contribution >= 0.6 is 0 Å². The SMILES string of the molecule is CCCCOC(=O)C(C)(C=O)C(=O)O. The second-order valence-corrected chi connectivity index (χ2v) is 3.11. The molecule has 0 bridgehead atoms. The Kier molecular flexibility index (Phi) is 4.83. The first-order valence-corrected chi connectivity index (χ1v) is 4.36. The molecule has 0 spiro atoms. The minimum Gasteiger partial charge on any atom is -0.480 e. The Morgan fingerprint density at radius 2 is 2.07 bits per heavy atom. The van der Waals surface area contributed by atoms with Crippen molar-refractivity contribution in [3.63, 3.8) is 0 Å². The molecule has 0 aromatic heterocycles. The van der Waals surface area contributed by atoms with E-state index in [-0.39, 0.29) is 12.9 Å². The van der Waals surface area contributed by atoms with Crippen LogP contribution in [0.3, 0.4) is 0 Å². The number of unbranched alkanes of at least 4 members (excludes halogenated alkanes) is 1. The molecular formula is C9H14O5. The Labute approximate surface area is 82.1 Å². The molecule has 80 valence electrons. The first kappa shape index (κ1) is 12.6. The van der Waals surface area contributed by atoms with E-state index in [1.807, 2.05) is 6.92 Å². The molecule has 5 heteroatoms. The normalized spacial score (nSPS) is 14.1. The number of carbonyl (C=O) groups is 3. The van der Waals surface area contributed by atoms with Crippen molar-refractivity contribution in [2.75, 3.05) is 6.61 Å². The zero-order valence-corrected chi connectivity index (χ0v) is 8.28. The molecule has 0 aromatic rings. The summed E-state index contributed by atoms with van der Waals surface area (Å²) in [7, 11) is 0. The fourth-order valence-corrected chi connectivity index (χ4v) is 0.645. The van der Waals surface area contributed by atoms with Crippen LogP contribution < -0.4 is 0 Å². The van der Waals surface area contributed by atoms with Gasteiger partial charge in [0.05, 0.1) is 6.61 Å². The standard InChI is InChI=1S/C9H14O5/c1-3-4-5-14-8(13)9(2,6-10)7(11)12/h6H,3-5H2,1-2H3,(H,11,12). The van der Waals surface area contributed by atoms with E-state index in [2.05, 4.69) is 4.74 Å². The number of hydrogen-bond donors (Lipinski definition) is 1. The molecule has 0 saturated heterocycles. The molecule has 0 aliphatic heterocycles. The predicted octanol–water partition coefficient (Wildman–Crippen LogP) is 0.620. The number of carboxylic acid groups (broad SMARTS) is 1. The Hall–Kier alpha value is -1.39. The van der Waals surface area contributed by atoms with Gasteiger partial charge >= 0.3 is 11.9 Å². The topological polar surface area (TPSA) is 80.7 Å². The fraction of sp³-hybridized carbons (Fsp3) is 0.667. The number of aliphatic carboxylic acids is 1. The van der Waals surface area contributed by atoms with E-state index in [4.69, 9.17) is 5.11 Å². The van der Waals surface area contributed by atoms with Crippen LogP contribution in [0, 0.1) is 5.41 Å².